The normalized spacial score (nSPS) is 25.7. The van der Waals surface area contributed by atoms with Gasteiger partial charge in [0.15, 0.2) is 0 Å². The zero-order valence-corrected chi connectivity index (χ0v) is 33.3. The lowest BCUT2D eigenvalue weighted by atomic mass is 9.76. The van der Waals surface area contributed by atoms with E-state index in [9.17, 15) is 29.2 Å². The topological polar surface area (TPSA) is 149 Å². The van der Waals surface area contributed by atoms with Crippen LogP contribution >= 0.6 is 11.6 Å². The lowest BCUT2D eigenvalue weighted by molar-refractivity contribution is -0.136. The summed E-state index contributed by atoms with van der Waals surface area (Å²) in [5, 5.41) is 15.5. The Bertz CT molecular complexity index is 2220. The van der Waals surface area contributed by atoms with Crippen molar-refractivity contribution in [2.45, 2.75) is 76.0 Å². The van der Waals surface area contributed by atoms with E-state index in [0.717, 1.165) is 92.4 Å². The van der Waals surface area contributed by atoms with Crippen LogP contribution in [-0.4, -0.2) is 114 Å². The molecule has 300 valence electrons. The second kappa shape index (κ2) is 15.1. The number of nitriles is 1. The lowest BCUT2D eigenvalue weighted by Crippen LogP contribution is -2.57. The molecule has 5 aliphatic heterocycles. The fourth-order valence-corrected chi connectivity index (χ4v) is 10.3. The van der Waals surface area contributed by atoms with Crippen molar-refractivity contribution in [3.8, 4) is 6.07 Å². The number of rotatable bonds is 7. The average molecular weight is 803 g/mol. The highest BCUT2D eigenvalue weighted by molar-refractivity contribution is 6.32. The van der Waals surface area contributed by atoms with Gasteiger partial charge < -0.3 is 20.0 Å². The molecule has 0 bridgehead atoms. The molecule has 2 unspecified atom stereocenters. The lowest BCUT2D eigenvalue weighted by Gasteiger charge is -2.46. The van der Waals surface area contributed by atoms with E-state index in [1.54, 1.807) is 18.2 Å². The number of imide groups is 2. The minimum Gasteiger partial charge on any atom is -0.382 e. The van der Waals surface area contributed by atoms with Gasteiger partial charge >= 0.3 is 0 Å². The summed E-state index contributed by atoms with van der Waals surface area (Å²) >= 11 is 6.37. The van der Waals surface area contributed by atoms with Crippen molar-refractivity contribution in [2.75, 3.05) is 60.9 Å². The van der Waals surface area contributed by atoms with Crippen LogP contribution in [0.1, 0.15) is 88.5 Å². The molecule has 1 saturated carbocycles. The van der Waals surface area contributed by atoms with Crippen LogP contribution in [0.3, 0.4) is 0 Å². The first-order chi connectivity index (χ1) is 28.0. The summed E-state index contributed by atoms with van der Waals surface area (Å²) in [6.07, 6.45) is 5.42. The van der Waals surface area contributed by atoms with E-state index in [0.29, 0.717) is 35.8 Å². The number of piperidine rings is 2. The van der Waals surface area contributed by atoms with Gasteiger partial charge in [0.2, 0.25) is 11.8 Å². The van der Waals surface area contributed by atoms with Crippen molar-refractivity contribution >= 4 is 58.2 Å². The van der Waals surface area contributed by atoms with Crippen molar-refractivity contribution in [2.24, 2.45) is 5.41 Å². The maximum atomic E-state index is 13.5. The predicted octanol–water partition coefficient (Wildman–Crippen LogP) is 4.90. The molecule has 3 aromatic rings. The molecule has 5 heterocycles. The number of anilines is 3. The summed E-state index contributed by atoms with van der Waals surface area (Å²) in [5.41, 5.74) is 5.00. The molecule has 9 rings (SSSR count). The second-order valence-corrected chi connectivity index (χ2v) is 17.4. The first kappa shape index (κ1) is 38.1. The number of carbonyl (C=O) groups is 5. The minimum atomic E-state index is -0.984. The highest BCUT2D eigenvalue weighted by Crippen LogP contribution is 2.46. The van der Waals surface area contributed by atoms with Gasteiger partial charge in [0.25, 0.3) is 17.7 Å². The van der Waals surface area contributed by atoms with Gasteiger partial charge in [-0.2, -0.15) is 5.26 Å². The third-order valence-corrected chi connectivity index (χ3v) is 13.8. The number of amides is 5. The van der Waals surface area contributed by atoms with Crippen molar-refractivity contribution < 1.29 is 24.0 Å². The molecular weight excluding hydrogens is 756 g/mol. The SMILES string of the molecule is CC1CC2(CCN(c3ccc(C(=O)N4CCN(C5CC(Nc6ccc7c(c6)C(=O)N(C6CCC(=O)NC6=O)C7=O)C5)CC4)cc3)CC2)CN1c1ccc(C#N)c(Cl)c1. The molecule has 1 spiro atoms. The molecule has 0 aromatic heterocycles. The molecule has 2 N–H and O–H groups in total. The Kier molecular flexibility index (Phi) is 9.88. The van der Waals surface area contributed by atoms with Crippen LogP contribution in [0.2, 0.25) is 5.02 Å². The van der Waals surface area contributed by atoms with E-state index in [1.807, 2.05) is 35.2 Å². The molecule has 58 heavy (non-hydrogen) atoms. The average Bonchev–Trinajstić information content (AvgIpc) is 3.66. The zero-order chi connectivity index (χ0) is 40.3. The fourth-order valence-electron chi connectivity index (χ4n) is 10.1. The third kappa shape index (κ3) is 6.96. The van der Waals surface area contributed by atoms with Gasteiger partial charge in [0, 0.05) is 93.0 Å². The van der Waals surface area contributed by atoms with Crippen LogP contribution in [-0.2, 0) is 9.59 Å². The van der Waals surface area contributed by atoms with Crippen molar-refractivity contribution in [1.82, 2.24) is 20.0 Å². The monoisotopic (exact) mass is 802 g/mol. The van der Waals surface area contributed by atoms with Gasteiger partial charge in [0.05, 0.1) is 21.7 Å². The van der Waals surface area contributed by atoms with Crippen LogP contribution in [0.4, 0.5) is 17.1 Å². The molecule has 6 aliphatic rings. The molecule has 2 atom stereocenters. The summed E-state index contributed by atoms with van der Waals surface area (Å²) in [7, 11) is 0. The quantitative estimate of drug-likeness (QED) is 0.316. The summed E-state index contributed by atoms with van der Waals surface area (Å²) in [4.78, 5) is 74.1. The Morgan fingerprint density at radius 3 is 2.28 bits per heavy atom. The summed E-state index contributed by atoms with van der Waals surface area (Å²) in [6.45, 7) is 8.20. The molecule has 0 radical (unpaired) electrons. The van der Waals surface area contributed by atoms with Gasteiger partial charge in [-0.05, 0) is 112 Å². The van der Waals surface area contributed by atoms with Crippen molar-refractivity contribution in [1.29, 1.82) is 5.26 Å². The van der Waals surface area contributed by atoms with Gasteiger partial charge in [-0.15, -0.1) is 0 Å². The molecule has 4 saturated heterocycles. The van der Waals surface area contributed by atoms with Crippen LogP contribution in [0.5, 0.6) is 0 Å². The van der Waals surface area contributed by atoms with Gasteiger partial charge in [-0.3, -0.25) is 39.1 Å². The van der Waals surface area contributed by atoms with E-state index in [1.165, 1.54) is 0 Å². The van der Waals surface area contributed by atoms with E-state index >= 15 is 0 Å². The number of carbonyl (C=O) groups excluding carboxylic acids is 5. The third-order valence-electron chi connectivity index (χ3n) is 13.5. The summed E-state index contributed by atoms with van der Waals surface area (Å²) in [5.74, 6) is -1.97. The Balaban J connectivity index is 0.722. The number of hydrogen-bond acceptors (Lipinski definition) is 10. The Morgan fingerprint density at radius 1 is 0.879 bits per heavy atom. The van der Waals surface area contributed by atoms with Crippen LogP contribution < -0.4 is 20.4 Å². The standard InChI is InChI=1S/C44H47ClN8O5/c1-27-24-44(26-52(27)33-8-4-29(25-46)37(45)23-33)12-14-49(15-13-44)32-6-2-28(3-7-32)41(56)51-18-16-50(17-19-51)34-20-31(21-34)47-30-5-9-35-36(22-30)43(58)53(42(35)57)38-10-11-39(54)48-40(38)55/h2-9,22-23,27,31,34,38,47H,10-21,24,26H2,1H3,(H,48,54,55). The molecular formula is C44H47ClN8O5. The molecule has 3 aromatic carbocycles. The maximum Gasteiger partial charge on any atom is 0.262 e. The van der Waals surface area contributed by atoms with Crippen molar-refractivity contribution in [3.63, 3.8) is 0 Å². The minimum absolute atomic E-state index is 0.0701. The first-order valence-corrected chi connectivity index (χ1v) is 20.8. The summed E-state index contributed by atoms with van der Waals surface area (Å²) < 4.78 is 0. The van der Waals surface area contributed by atoms with E-state index in [4.69, 9.17) is 11.6 Å². The Morgan fingerprint density at radius 2 is 1.59 bits per heavy atom. The molecule has 13 nitrogen and oxygen atoms in total. The van der Waals surface area contributed by atoms with E-state index in [-0.39, 0.29) is 41.3 Å². The van der Waals surface area contributed by atoms with E-state index in [2.05, 4.69) is 50.5 Å². The number of benzene rings is 3. The van der Waals surface area contributed by atoms with Crippen LogP contribution in [0, 0.1) is 16.7 Å². The number of nitrogens with one attached hydrogen (secondary N) is 2. The maximum absolute atomic E-state index is 13.5. The number of hydrogen-bond donors (Lipinski definition) is 2. The molecule has 5 fully saturated rings. The van der Waals surface area contributed by atoms with Gasteiger partial charge in [-0.25, -0.2) is 0 Å². The number of fused-ring (bicyclic) bond motifs is 1. The highest BCUT2D eigenvalue weighted by atomic mass is 35.5. The fraction of sp³-hybridized carbons (Fsp3) is 0.455. The Hall–Kier alpha value is -5.45. The molecule has 1 aliphatic carbocycles. The van der Waals surface area contributed by atoms with Gasteiger partial charge in [0.1, 0.15) is 12.1 Å². The van der Waals surface area contributed by atoms with E-state index < -0.39 is 29.7 Å². The number of piperazine rings is 1. The number of nitrogens with zero attached hydrogens (tertiary/aromatic N) is 6. The Labute approximate surface area is 342 Å². The van der Waals surface area contributed by atoms with Crippen LogP contribution in [0.15, 0.2) is 60.7 Å². The summed E-state index contributed by atoms with van der Waals surface area (Å²) in [6, 6.07) is 21.2. The van der Waals surface area contributed by atoms with Crippen LogP contribution in [0.25, 0.3) is 0 Å². The second-order valence-electron chi connectivity index (χ2n) is 17.0. The predicted molar refractivity (Wildman–Crippen MR) is 219 cm³/mol. The zero-order valence-electron chi connectivity index (χ0n) is 32.6. The molecule has 5 amide bonds. The molecule has 14 heteroatoms. The first-order valence-electron chi connectivity index (χ1n) is 20.5. The van der Waals surface area contributed by atoms with Crippen molar-refractivity contribution in [3.05, 3.63) is 87.9 Å². The smallest absolute Gasteiger partial charge is 0.262 e. The highest BCUT2D eigenvalue weighted by Gasteiger charge is 2.46. The number of halogens is 1. The largest absolute Gasteiger partial charge is 0.382 e. The van der Waals surface area contributed by atoms with Gasteiger partial charge in [-0.1, -0.05) is 11.6 Å².